The topological polar surface area (TPSA) is 83.8 Å². The van der Waals surface area contributed by atoms with Crippen molar-refractivity contribution in [2.24, 2.45) is 34.0 Å². The monoisotopic (exact) mass is 378 g/mol. The van der Waals surface area contributed by atoms with E-state index in [1.165, 1.54) is 6.92 Å². The number of aliphatic hydroxyl groups is 1. The molecule has 4 rings (SSSR count). The van der Waals surface area contributed by atoms with E-state index in [4.69, 9.17) is 4.74 Å². The maximum atomic E-state index is 12.2. The third-order valence-corrected chi connectivity index (χ3v) is 9.33. The van der Waals surface area contributed by atoms with Crippen molar-refractivity contribution in [2.45, 2.75) is 84.2 Å². The van der Waals surface area contributed by atoms with Gasteiger partial charge in [-0.2, -0.15) is 0 Å². The van der Waals surface area contributed by atoms with Crippen LogP contribution in [0, 0.1) is 34.0 Å². The number of rotatable bonds is 3. The molecule has 152 valence electrons. The lowest BCUT2D eigenvalue weighted by atomic mass is 9.41. The van der Waals surface area contributed by atoms with Crippen molar-refractivity contribution < 1.29 is 24.5 Å². The minimum absolute atomic E-state index is 0.0291. The molecule has 7 atom stereocenters. The maximum Gasteiger partial charge on any atom is 0.309 e. The summed E-state index contributed by atoms with van der Waals surface area (Å²) < 4.78 is 5.24. The second-order valence-electron chi connectivity index (χ2n) is 10.6. The minimum atomic E-state index is -0.908. The first-order valence-electron chi connectivity index (χ1n) is 10.6. The molecular formula is C22H34O5. The number of carboxylic acid groups (broad SMARTS) is 1. The largest absolute Gasteiger partial charge is 0.481 e. The van der Waals surface area contributed by atoms with Crippen molar-refractivity contribution in [2.75, 3.05) is 6.61 Å². The van der Waals surface area contributed by atoms with Crippen LogP contribution >= 0.6 is 0 Å². The van der Waals surface area contributed by atoms with Gasteiger partial charge < -0.3 is 14.9 Å². The number of ether oxygens (including phenoxy) is 1. The second-order valence-corrected chi connectivity index (χ2v) is 10.6. The first kappa shape index (κ1) is 19.2. The Bertz CT molecular complexity index is 661. The van der Waals surface area contributed by atoms with Gasteiger partial charge in [-0.25, -0.2) is 0 Å². The molecule has 4 aliphatic rings. The second kappa shape index (κ2) is 5.95. The normalized spacial score (nSPS) is 51.2. The van der Waals surface area contributed by atoms with Gasteiger partial charge in [-0.15, -0.1) is 0 Å². The first-order valence-corrected chi connectivity index (χ1v) is 10.6. The zero-order chi connectivity index (χ0) is 19.7. The first-order chi connectivity index (χ1) is 12.6. The Kier molecular flexibility index (Phi) is 4.24. The molecule has 0 aliphatic heterocycles. The molecule has 5 heteroatoms. The van der Waals surface area contributed by atoms with Gasteiger partial charge in [-0.05, 0) is 86.9 Å². The van der Waals surface area contributed by atoms with Gasteiger partial charge in [-0.1, -0.05) is 13.3 Å². The van der Waals surface area contributed by atoms with Crippen LogP contribution in [-0.2, 0) is 14.3 Å². The average molecular weight is 379 g/mol. The number of carbonyl (C=O) groups is 2. The third-order valence-electron chi connectivity index (χ3n) is 9.33. The van der Waals surface area contributed by atoms with Gasteiger partial charge in [-0.3, -0.25) is 9.59 Å². The van der Waals surface area contributed by atoms with Gasteiger partial charge >= 0.3 is 11.9 Å². The van der Waals surface area contributed by atoms with Crippen molar-refractivity contribution in [1.82, 2.24) is 0 Å². The minimum Gasteiger partial charge on any atom is -0.481 e. The Morgan fingerprint density at radius 2 is 1.81 bits per heavy atom. The molecule has 0 amide bonds. The predicted octanol–water partition coefficient (Wildman–Crippen LogP) is 3.78. The Labute approximate surface area is 161 Å². The van der Waals surface area contributed by atoms with Crippen LogP contribution in [0.25, 0.3) is 0 Å². The van der Waals surface area contributed by atoms with Gasteiger partial charge in [0.25, 0.3) is 0 Å². The molecule has 0 aromatic rings. The highest BCUT2D eigenvalue weighted by Crippen LogP contribution is 2.72. The van der Waals surface area contributed by atoms with Crippen LogP contribution in [0.5, 0.6) is 0 Å². The Morgan fingerprint density at radius 3 is 2.48 bits per heavy atom. The fourth-order valence-electron chi connectivity index (χ4n) is 8.27. The molecule has 5 nitrogen and oxygen atoms in total. The lowest BCUT2D eigenvalue weighted by Crippen LogP contribution is -2.58. The summed E-state index contributed by atoms with van der Waals surface area (Å²) in [4.78, 5) is 23.5. The van der Waals surface area contributed by atoms with E-state index in [2.05, 4.69) is 6.92 Å². The van der Waals surface area contributed by atoms with Gasteiger partial charge in [0.2, 0.25) is 0 Å². The Balaban J connectivity index is 1.65. The van der Waals surface area contributed by atoms with Crippen LogP contribution in [0.15, 0.2) is 0 Å². The summed E-state index contributed by atoms with van der Waals surface area (Å²) in [6.45, 7) is 5.81. The summed E-state index contributed by atoms with van der Waals surface area (Å²) in [6.07, 6.45) is 8.51. The molecule has 0 heterocycles. The summed E-state index contributed by atoms with van der Waals surface area (Å²) in [5.41, 5.74) is -1.42. The van der Waals surface area contributed by atoms with E-state index in [0.29, 0.717) is 12.3 Å². The summed E-state index contributed by atoms with van der Waals surface area (Å²) in [5.74, 6) is -0.0986. The van der Waals surface area contributed by atoms with Crippen molar-refractivity contribution >= 4 is 11.9 Å². The lowest BCUT2D eigenvalue weighted by Gasteiger charge is -2.63. The van der Waals surface area contributed by atoms with E-state index >= 15 is 0 Å². The maximum absolute atomic E-state index is 12.2. The summed E-state index contributed by atoms with van der Waals surface area (Å²) in [6, 6.07) is 0. The van der Waals surface area contributed by atoms with Crippen molar-refractivity contribution in [3.8, 4) is 0 Å². The van der Waals surface area contributed by atoms with Crippen LogP contribution < -0.4 is 0 Å². The molecule has 0 radical (unpaired) electrons. The highest BCUT2D eigenvalue weighted by molar-refractivity contribution is 5.75. The van der Waals surface area contributed by atoms with Crippen molar-refractivity contribution in [3.05, 3.63) is 0 Å². The smallest absolute Gasteiger partial charge is 0.309 e. The van der Waals surface area contributed by atoms with Crippen LogP contribution in [0.4, 0.5) is 0 Å². The SMILES string of the molecule is CC(=O)OC[C@@]1(O)C[C@@]23CC[C@@H]4[C@](C)(CCC[C@]4(C)C(=O)O)[C@@H]2CC[C@@H]1C3. The van der Waals surface area contributed by atoms with Crippen molar-refractivity contribution in [3.63, 3.8) is 0 Å². The van der Waals surface area contributed by atoms with Crippen LogP contribution in [0.2, 0.25) is 0 Å². The van der Waals surface area contributed by atoms with Gasteiger partial charge in [0.05, 0.1) is 5.41 Å². The quantitative estimate of drug-likeness (QED) is 0.730. The molecule has 0 unspecified atom stereocenters. The standard InChI is InChI=1S/C22H34O5/c1-14(23)27-13-22(26)12-21-10-7-16-19(2,17(21)6-5-15(22)11-21)8-4-9-20(16,3)18(24)25/h15-17,26H,4-13H2,1-3H3,(H,24,25)/t15-,16-,17+,19+,20+,21+,22+/m1/s1. The molecule has 4 saturated carbocycles. The molecule has 4 aliphatic carbocycles. The van der Waals surface area contributed by atoms with Gasteiger partial charge in [0.1, 0.15) is 12.2 Å². The zero-order valence-electron chi connectivity index (χ0n) is 16.9. The van der Waals surface area contributed by atoms with Crippen LogP contribution in [0.1, 0.15) is 78.6 Å². The number of esters is 1. The molecule has 0 aromatic carbocycles. The highest BCUT2D eigenvalue weighted by Gasteiger charge is 2.68. The molecule has 4 fully saturated rings. The van der Waals surface area contributed by atoms with E-state index in [9.17, 15) is 19.8 Å². The van der Waals surface area contributed by atoms with E-state index in [1.54, 1.807) is 0 Å². The molecular weight excluding hydrogens is 344 g/mol. The van der Waals surface area contributed by atoms with Gasteiger partial charge in [0, 0.05) is 6.92 Å². The molecule has 1 spiro atoms. The fraction of sp³-hybridized carbons (Fsp3) is 0.909. The Hall–Kier alpha value is -1.10. The number of hydrogen-bond acceptors (Lipinski definition) is 4. The number of carboxylic acids is 1. The summed E-state index contributed by atoms with van der Waals surface area (Å²) in [7, 11) is 0. The number of carbonyl (C=O) groups excluding carboxylic acids is 1. The predicted molar refractivity (Wildman–Crippen MR) is 99.9 cm³/mol. The highest BCUT2D eigenvalue weighted by atomic mass is 16.5. The van der Waals surface area contributed by atoms with Crippen molar-refractivity contribution in [1.29, 1.82) is 0 Å². The number of fused-ring (bicyclic) bond motifs is 3. The average Bonchev–Trinajstić information content (AvgIpc) is 2.79. The number of hydrogen-bond donors (Lipinski definition) is 2. The lowest BCUT2D eigenvalue weighted by molar-refractivity contribution is -0.181. The zero-order valence-corrected chi connectivity index (χ0v) is 16.9. The van der Waals surface area contributed by atoms with Crippen LogP contribution in [-0.4, -0.2) is 34.4 Å². The Morgan fingerprint density at radius 1 is 1.07 bits per heavy atom. The summed E-state index contributed by atoms with van der Waals surface area (Å²) in [5, 5.41) is 21.3. The molecule has 27 heavy (non-hydrogen) atoms. The fourth-order valence-corrected chi connectivity index (χ4v) is 8.27. The molecule has 0 aromatic heterocycles. The van der Waals surface area contributed by atoms with Crippen LogP contribution in [0.3, 0.4) is 0 Å². The van der Waals surface area contributed by atoms with E-state index in [1.807, 2.05) is 6.92 Å². The van der Waals surface area contributed by atoms with E-state index in [0.717, 1.165) is 51.4 Å². The van der Waals surface area contributed by atoms with Gasteiger partial charge in [0.15, 0.2) is 0 Å². The molecule has 0 saturated heterocycles. The van der Waals surface area contributed by atoms with E-state index < -0.39 is 17.0 Å². The third kappa shape index (κ3) is 2.60. The van der Waals surface area contributed by atoms with E-state index in [-0.39, 0.29) is 35.2 Å². The molecule has 2 bridgehead atoms. The number of aliphatic carboxylic acids is 1. The summed E-state index contributed by atoms with van der Waals surface area (Å²) >= 11 is 0. The molecule has 2 N–H and O–H groups in total.